The number of amides is 1. The van der Waals surface area contributed by atoms with Gasteiger partial charge in [0, 0.05) is 13.6 Å². The Morgan fingerprint density at radius 2 is 1.46 bits per heavy atom. The maximum Gasteiger partial charge on any atom is 0.248 e. The standard InChI is InChI=1S/C23H21F2NO2/c1-26(15-17-12-13-20(24)21(25)14-17)22(27)16-28-23(18-8-4-2-5-9-18)19-10-6-3-7-11-19/h2-14,23H,15-16H2,1H3. The summed E-state index contributed by atoms with van der Waals surface area (Å²) in [5.41, 5.74) is 2.41. The summed E-state index contributed by atoms with van der Waals surface area (Å²) < 4.78 is 32.4. The first-order valence-corrected chi connectivity index (χ1v) is 8.94. The molecule has 5 heteroatoms. The zero-order valence-corrected chi connectivity index (χ0v) is 15.5. The molecule has 0 N–H and O–H groups in total. The molecular weight excluding hydrogens is 360 g/mol. The Labute approximate surface area is 163 Å². The summed E-state index contributed by atoms with van der Waals surface area (Å²) in [6.45, 7) is 0.0371. The number of benzene rings is 3. The summed E-state index contributed by atoms with van der Waals surface area (Å²) in [5, 5.41) is 0. The number of rotatable bonds is 7. The quantitative estimate of drug-likeness (QED) is 0.592. The van der Waals surface area contributed by atoms with E-state index in [1.54, 1.807) is 7.05 Å². The number of nitrogens with zero attached hydrogens (tertiary/aromatic N) is 1. The van der Waals surface area contributed by atoms with E-state index in [-0.39, 0.29) is 25.2 Å². The predicted molar refractivity (Wildman–Crippen MR) is 104 cm³/mol. The fourth-order valence-electron chi connectivity index (χ4n) is 2.91. The number of hydrogen-bond acceptors (Lipinski definition) is 2. The number of halogens is 2. The maximum absolute atomic E-state index is 13.4. The van der Waals surface area contributed by atoms with Crippen molar-refractivity contribution >= 4 is 5.91 Å². The zero-order chi connectivity index (χ0) is 19.9. The van der Waals surface area contributed by atoms with E-state index in [2.05, 4.69) is 0 Å². The molecule has 3 aromatic carbocycles. The van der Waals surface area contributed by atoms with Crippen molar-refractivity contribution in [3.63, 3.8) is 0 Å². The van der Waals surface area contributed by atoms with Gasteiger partial charge in [-0.05, 0) is 28.8 Å². The van der Waals surface area contributed by atoms with Crippen LogP contribution in [0.25, 0.3) is 0 Å². The van der Waals surface area contributed by atoms with Gasteiger partial charge in [-0.15, -0.1) is 0 Å². The molecule has 0 heterocycles. The van der Waals surface area contributed by atoms with Crippen LogP contribution < -0.4 is 0 Å². The largest absolute Gasteiger partial charge is 0.359 e. The molecule has 0 bridgehead atoms. The van der Waals surface area contributed by atoms with Gasteiger partial charge >= 0.3 is 0 Å². The Kier molecular flexibility index (Phi) is 6.50. The fraction of sp³-hybridized carbons (Fsp3) is 0.174. The van der Waals surface area contributed by atoms with Crippen LogP contribution in [0.2, 0.25) is 0 Å². The number of ether oxygens (including phenoxy) is 1. The zero-order valence-electron chi connectivity index (χ0n) is 15.5. The van der Waals surface area contributed by atoms with Crippen LogP contribution in [-0.2, 0) is 16.1 Å². The lowest BCUT2D eigenvalue weighted by molar-refractivity contribution is -0.136. The van der Waals surface area contributed by atoms with Gasteiger partial charge in [-0.2, -0.15) is 0 Å². The van der Waals surface area contributed by atoms with Gasteiger partial charge in [0.15, 0.2) is 11.6 Å². The van der Waals surface area contributed by atoms with E-state index in [0.29, 0.717) is 5.56 Å². The number of carbonyl (C=O) groups excluding carboxylic acids is 1. The van der Waals surface area contributed by atoms with E-state index in [1.165, 1.54) is 11.0 Å². The molecule has 0 aliphatic carbocycles. The third-order valence-electron chi connectivity index (χ3n) is 4.41. The van der Waals surface area contributed by atoms with Gasteiger partial charge in [-0.25, -0.2) is 8.78 Å². The van der Waals surface area contributed by atoms with Crippen LogP contribution in [0.15, 0.2) is 78.9 Å². The number of carbonyl (C=O) groups is 1. The molecule has 0 aliphatic heterocycles. The van der Waals surface area contributed by atoms with Crippen LogP contribution in [-0.4, -0.2) is 24.5 Å². The monoisotopic (exact) mass is 381 g/mol. The Bertz CT molecular complexity index is 877. The molecule has 28 heavy (non-hydrogen) atoms. The van der Waals surface area contributed by atoms with Crippen molar-refractivity contribution in [2.45, 2.75) is 12.6 Å². The molecule has 0 atom stereocenters. The van der Waals surface area contributed by atoms with Gasteiger partial charge in [-0.1, -0.05) is 66.7 Å². The molecule has 3 aromatic rings. The molecule has 0 saturated heterocycles. The molecule has 1 amide bonds. The van der Waals surface area contributed by atoms with Crippen molar-refractivity contribution in [3.05, 3.63) is 107 Å². The highest BCUT2D eigenvalue weighted by atomic mass is 19.2. The first-order chi connectivity index (χ1) is 13.5. The van der Waals surface area contributed by atoms with E-state index in [4.69, 9.17) is 4.74 Å². The van der Waals surface area contributed by atoms with Crippen LogP contribution in [0.1, 0.15) is 22.8 Å². The summed E-state index contributed by atoms with van der Waals surface area (Å²) in [7, 11) is 1.60. The second kappa shape index (κ2) is 9.24. The summed E-state index contributed by atoms with van der Waals surface area (Å²) in [6, 6.07) is 22.9. The van der Waals surface area contributed by atoms with Crippen molar-refractivity contribution in [2.24, 2.45) is 0 Å². The molecule has 0 saturated carbocycles. The Morgan fingerprint density at radius 3 is 2.00 bits per heavy atom. The fourth-order valence-corrected chi connectivity index (χ4v) is 2.91. The van der Waals surface area contributed by atoms with Crippen molar-refractivity contribution in [3.8, 4) is 0 Å². The summed E-state index contributed by atoms with van der Waals surface area (Å²) in [6.07, 6.45) is -0.372. The Morgan fingerprint density at radius 1 is 0.893 bits per heavy atom. The van der Waals surface area contributed by atoms with Crippen LogP contribution in [0.4, 0.5) is 8.78 Å². The lowest BCUT2D eigenvalue weighted by atomic mass is 10.0. The van der Waals surface area contributed by atoms with Crippen LogP contribution in [0, 0.1) is 11.6 Å². The van der Waals surface area contributed by atoms with Crippen molar-refractivity contribution in [2.75, 3.05) is 13.7 Å². The molecule has 0 radical (unpaired) electrons. The lowest BCUT2D eigenvalue weighted by Crippen LogP contribution is -2.30. The third kappa shape index (κ3) is 5.02. The van der Waals surface area contributed by atoms with E-state index in [0.717, 1.165) is 23.3 Å². The molecule has 0 aliphatic rings. The predicted octanol–water partition coefficient (Wildman–Crippen LogP) is 4.73. The molecule has 0 fully saturated rings. The van der Waals surface area contributed by atoms with Gasteiger partial charge < -0.3 is 9.64 Å². The third-order valence-corrected chi connectivity index (χ3v) is 4.41. The normalized spacial score (nSPS) is 10.9. The second-order valence-corrected chi connectivity index (χ2v) is 6.51. The van der Waals surface area contributed by atoms with E-state index in [1.807, 2.05) is 60.7 Å². The second-order valence-electron chi connectivity index (χ2n) is 6.51. The minimum Gasteiger partial charge on any atom is -0.359 e. The van der Waals surface area contributed by atoms with Crippen LogP contribution in [0.5, 0.6) is 0 Å². The van der Waals surface area contributed by atoms with Gasteiger partial charge in [0.05, 0.1) is 0 Å². The highest BCUT2D eigenvalue weighted by molar-refractivity contribution is 5.77. The molecule has 144 valence electrons. The smallest absolute Gasteiger partial charge is 0.248 e. The van der Waals surface area contributed by atoms with Gasteiger partial charge in [0.1, 0.15) is 12.7 Å². The average molecular weight is 381 g/mol. The van der Waals surface area contributed by atoms with Gasteiger partial charge in [-0.3, -0.25) is 4.79 Å². The highest BCUT2D eigenvalue weighted by Gasteiger charge is 2.18. The number of hydrogen-bond donors (Lipinski definition) is 0. The van der Waals surface area contributed by atoms with Crippen molar-refractivity contribution < 1.29 is 18.3 Å². The molecular formula is C23H21F2NO2. The first-order valence-electron chi connectivity index (χ1n) is 8.94. The first kappa shape index (κ1) is 19.7. The summed E-state index contributed by atoms with van der Waals surface area (Å²) in [4.78, 5) is 13.9. The van der Waals surface area contributed by atoms with Crippen molar-refractivity contribution in [1.82, 2.24) is 4.90 Å². The molecule has 0 aromatic heterocycles. The van der Waals surface area contributed by atoms with E-state index in [9.17, 15) is 13.6 Å². The van der Waals surface area contributed by atoms with Crippen LogP contribution in [0.3, 0.4) is 0 Å². The lowest BCUT2D eigenvalue weighted by Gasteiger charge is -2.22. The Hall–Kier alpha value is -3.05. The minimum atomic E-state index is -0.928. The SMILES string of the molecule is CN(Cc1ccc(F)c(F)c1)C(=O)COC(c1ccccc1)c1ccccc1. The maximum atomic E-state index is 13.4. The van der Waals surface area contributed by atoms with E-state index >= 15 is 0 Å². The number of likely N-dealkylation sites (N-methyl/N-ethyl adjacent to an activating group) is 1. The summed E-state index contributed by atoms with van der Waals surface area (Å²) in [5.74, 6) is -2.08. The molecule has 3 rings (SSSR count). The Balaban J connectivity index is 1.67. The molecule has 3 nitrogen and oxygen atoms in total. The topological polar surface area (TPSA) is 29.5 Å². The molecule has 0 unspecified atom stereocenters. The summed E-state index contributed by atoms with van der Waals surface area (Å²) >= 11 is 0. The minimum absolute atomic E-state index is 0.130. The van der Waals surface area contributed by atoms with Crippen molar-refractivity contribution in [1.29, 1.82) is 0 Å². The van der Waals surface area contributed by atoms with Gasteiger partial charge in [0.2, 0.25) is 5.91 Å². The molecule has 0 spiro atoms. The average Bonchev–Trinajstić information content (AvgIpc) is 2.72. The highest BCUT2D eigenvalue weighted by Crippen LogP contribution is 2.25. The van der Waals surface area contributed by atoms with Crippen LogP contribution >= 0.6 is 0 Å². The van der Waals surface area contributed by atoms with E-state index < -0.39 is 11.6 Å². The van der Waals surface area contributed by atoms with Gasteiger partial charge in [0.25, 0.3) is 0 Å².